The smallest absolute Gasteiger partial charge is 0.251 e. The fourth-order valence-electron chi connectivity index (χ4n) is 4.96. The monoisotopic (exact) mass is 499 g/mol. The molecule has 4 aromatic rings. The number of imidazole rings is 1. The van der Waals surface area contributed by atoms with Gasteiger partial charge in [-0.3, -0.25) is 14.7 Å². The summed E-state index contributed by atoms with van der Waals surface area (Å²) in [5, 5.41) is 4.10. The van der Waals surface area contributed by atoms with Crippen LogP contribution in [-0.2, 0) is 12.3 Å². The van der Waals surface area contributed by atoms with Crippen LogP contribution in [0.4, 0.5) is 0 Å². The van der Waals surface area contributed by atoms with Crippen molar-refractivity contribution < 1.29 is 4.79 Å². The zero-order valence-electron chi connectivity index (χ0n) is 21.0. The summed E-state index contributed by atoms with van der Waals surface area (Å²) in [6.07, 6.45) is 6.06. The number of pyridine rings is 1. The lowest BCUT2D eigenvalue weighted by Gasteiger charge is -2.22. The lowest BCUT2D eigenvalue weighted by molar-refractivity contribution is 0.0941. The van der Waals surface area contributed by atoms with E-state index in [0.29, 0.717) is 11.6 Å². The van der Waals surface area contributed by atoms with Gasteiger partial charge in [-0.2, -0.15) is 0 Å². The van der Waals surface area contributed by atoms with E-state index in [1.54, 1.807) is 18.0 Å². The van der Waals surface area contributed by atoms with E-state index in [0.717, 1.165) is 60.1 Å². The molecular formula is C29H33N5OS. The zero-order valence-corrected chi connectivity index (χ0v) is 21.8. The molecule has 0 aliphatic carbocycles. The van der Waals surface area contributed by atoms with Gasteiger partial charge in [0.15, 0.2) is 5.16 Å². The van der Waals surface area contributed by atoms with Gasteiger partial charge < -0.3 is 9.88 Å². The van der Waals surface area contributed by atoms with Crippen molar-refractivity contribution in [1.82, 2.24) is 24.8 Å². The number of hydrogen-bond acceptors (Lipinski definition) is 5. The molecule has 1 unspecified atom stereocenters. The SMILES string of the molecule is CCN1CCCC1CNC(=O)c1ccc(CSc2nc3ccncc3n2Cc2cccc(C)c2)cc1. The molecule has 36 heavy (non-hydrogen) atoms. The maximum absolute atomic E-state index is 12.7. The molecule has 1 aliphatic rings. The second kappa shape index (κ2) is 11.3. The fourth-order valence-corrected chi connectivity index (χ4v) is 5.93. The highest BCUT2D eigenvalue weighted by Crippen LogP contribution is 2.27. The van der Waals surface area contributed by atoms with Crippen LogP contribution in [0.15, 0.2) is 72.1 Å². The average molecular weight is 500 g/mol. The molecule has 1 amide bonds. The van der Waals surface area contributed by atoms with Gasteiger partial charge >= 0.3 is 0 Å². The molecule has 1 atom stereocenters. The molecule has 5 rings (SSSR count). The standard InChI is InChI=1S/C29H33N5OS/c1-3-33-15-5-8-25(33)17-31-28(35)24-11-9-22(10-12-24)20-36-29-32-26-13-14-30-18-27(26)34(29)19-23-7-4-6-21(2)16-23/h4,6-7,9-14,16,18,25H,3,5,8,15,17,19-20H2,1-2H3,(H,31,35). The van der Waals surface area contributed by atoms with Crippen LogP contribution in [0, 0.1) is 6.92 Å². The highest BCUT2D eigenvalue weighted by atomic mass is 32.2. The number of aromatic nitrogens is 3. The van der Waals surface area contributed by atoms with Crippen molar-refractivity contribution in [2.75, 3.05) is 19.6 Å². The average Bonchev–Trinajstić information content (AvgIpc) is 3.50. The molecule has 1 aliphatic heterocycles. The van der Waals surface area contributed by atoms with Crippen LogP contribution in [0.3, 0.4) is 0 Å². The number of nitrogens with zero attached hydrogens (tertiary/aromatic N) is 4. The van der Waals surface area contributed by atoms with Crippen molar-refractivity contribution in [3.8, 4) is 0 Å². The highest BCUT2D eigenvalue weighted by Gasteiger charge is 2.23. The van der Waals surface area contributed by atoms with Crippen LogP contribution in [-0.4, -0.2) is 51.0 Å². The van der Waals surface area contributed by atoms with E-state index in [9.17, 15) is 4.79 Å². The number of rotatable bonds is 9. The van der Waals surface area contributed by atoms with Crippen LogP contribution in [0.2, 0.25) is 0 Å². The van der Waals surface area contributed by atoms with E-state index < -0.39 is 0 Å². The highest BCUT2D eigenvalue weighted by molar-refractivity contribution is 7.98. The summed E-state index contributed by atoms with van der Waals surface area (Å²) in [6.45, 7) is 7.95. The Hall–Kier alpha value is -3.16. The first-order valence-electron chi connectivity index (χ1n) is 12.7. The fraction of sp³-hybridized carbons (Fsp3) is 0.345. The summed E-state index contributed by atoms with van der Waals surface area (Å²) < 4.78 is 2.24. The first-order chi connectivity index (χ1) is 17.6. The largest absolute Gasteiger partial charge is 0.350 e. The van der Waals surface area contributed by atoms with Crippen molar-refractivity contribution in [3.63, 3.8) is 0 Å². The minimum absolute atomic E-state index is 0.00426. The van der Waals surface area contributed by atoms with E-state index >= 15 is 0 Å². The van der Waals surface area contributed by atoms with Crippen LogP contribution >= 0.6 is 11.8 Å². The Kier molecular flexibility index (Phi) is 7.68. The normalized spacial score (nSPS) is 16.0. The van der Waals surface area contributed by atoms with E-state index in [1.807, 2.05) is 36.5 Å². The van der Waals surface area contributed by atoms with Crippen LogP contribution in [0.25, 0.3) is 11.0 Å². The van der Waals surface area contributed by atoms with E-state index in [4.69, 9.17) is 4.98 Å². The molecule has 186 valence electrons. The predicted molar refractivity (Wildman–Crippen MR) is 146 cm³/mol. The van der Waals surface area contributed by atoms with Crippen molar-refractivity contribution in [2.45, 2.75) is 50.2 Å². The van der Waals surface area contributed by atoms with Gasteiger partial charge in [-0.15, -0.1) is 0 Å². The Morgan fingerprint density at radius 2 is 2.00 bits per heavy atom. The van der Waals surface area contributed by atoms with Crippen molar-refractivity contribution in [3.05, 3.63) is 89.2 Å². The van der Waals surface area contributed by atoms with Gasteiger partial charge in [0.25, 0.3) is 5.91 Å². The van der Waals surface area contributed by atoms with E-state index in [-0.39, 0.29) is 5.91 Å². The number of carbonyl (C=O) groups is 1. The lowest BCUT2D eigenvalue weighted by atomic mass is 10.1. The molecule has 2 aromatic carbocycles. The van der Waals surface area contributed by atoms with Gasteiger partial charge in [0, 0.05) is 30.1 Å². The zero-order chi connectivity index (χ0) is 24.9. The summed E-state index contributed by atoms with van der Waals surface area (Å²) in [6, 6.07) is 19.0. The van der Waals surface area contributed by atoms with E-state index in [2.05, 4.69) is 57.9 Å². The van der Waals surface area contributed by atoms with Crippen LogP contribution in [0.1, 0.15) is 46.8 Å². The molecule has 2 aromatic heterocycles. The van der Waals surface area contributed by atoms with E-state index in [1.165, 1.54) is 17.5 Å². The minimum atomic E-state index is 0.00426. The first kappa shape index (κ1) is 24.5. The molecule has 0 spiro atoms. The van der Waals surface area contributed by atoms with Gasteiger partial charge in [-0.05, 0) is 62.2 Å². The third kappa shape index (κ3) is 5.63. The second-order valence-electron chi connectivity index (χ2n) is 9.45. The molecule has 3 heterocycles. The molecule has 1 saturated heterocycles. The molecular weight excluding hydrogens is 466 g/mol. The van der Waals surface area contributed by atoms with Crippen molar-refractivity contribution in [2.24, 2.45) is 0 Å². The molecule has 0 radical (unpaired) electrons. The molecule has 1 N–H and O–H groups in total. The number of thioether (sulfide) groups is 1. The summed E-state index contributed by atoms with van der Waals surface area (Å²) in [7, 11) is 0. The van der Waals surface area contributed by atoms with Gasteiger partial charge in [-0.1, -0.05) is 60.6 Å². The third-order valence-electron chi connectivity index (χ3n) is 6.93. The molecule has 1 fully saturated rings. The molecule has 0 saturated carbocycles. The molecule has 7 heteroatoms. The Morgan fingerprint density at radius 3 is 2.81 bits per heavy atom. The number of hydrogen-bond donors (Lipinski definition) is 1. The van der Waals surface area contributed by atoms with Gasteiger partial charge in [0.1, 0.15) is 0 Å². The first-order valence-corrected chi connectivity index (χ1v) is 13.7. The van der Waals surface area contributed by atoms with Crippen molar-refractivity contribution >= 4 is 28.7 Å². The maximum Gasteiger partial charge on any atom is 0.251 e. The minimum Gasteiger partial charge on any atom is -0.350 e. The molecule has 0 bridgehead atoms. The summed E-state index contributed by atoms with van der Waals surface area (Å²) in [5.74, 6) is 0.782. The Bertz CT molecular complexity index is 1330. The van der Waals surface area contributed by atoms with Gasteiger partial charge in [-0.25, -0.2) is 4.98 Å². The summed E-state index contributed by atoms with van der Waals surface area (Å²) in [4.78, 5) is 24.3. The number of likely N-dealkylation sites (tertiary alicyclic amines) is 1. The van der Waals surface area contributed by atoms with Gasteiger partial charge in [0.2, 0.25) is 0 Å². The maximum atomic E-state index is 12.7. The lowest BCUT2D eigenvalue weighted by Crippen LogP contribution is -2.40. The second-order valence-corrected chi connectivity index (χ2v) is 10.4. The van der Waals surface area contributed by atoms with Gasteiger partial charge in [0.05, 0.1) is 23.8 Å². The number of amides is 1. The number of nitrogens with one attached hydrogen (secondary N) is 1. The number of carbonyl (C=O) groups excluding carboxylic acids is 1. The topological polar surface area (TPSA) is 63.1 Å². The number of likely N-dealkylation sites (N-methyl/N-ethyl adjacent to an activating group) is 1. The summed E-state index contributed by atoms with van der Waals surface area (Å²) >= 11 is 1.71. The van der Waals surface area contributed by atoms with Crippen LogP contribution < -0.4 is 5.32 Å². The Labute approximate surface area is 217 Å². The molecule has 6 nitrogen and oxygen atoms in total. The summed E-state index contributed by atoms with van der Waals surface area (Å²) in [5.41, 5.74) is 6.36. The number of fused-ring (bicyclic) bond motifs is 1. The quantitative estimate of drug-likeness (QED) is 0.317. The number of benzene rings is 2. The van der Waals surface area contributed by atoms with Crippen LogP contribution in [0.5, 0.6) is 0 Å². The predicted octanol–water partition coefficient (Wildman–Crippen LogP) is 5.29. The Morgan fingerprint density at radius 1 is 1.14 bits per heavy atom. The number of aryl methyl sites for hydroxylation is 1. The third-order valence-corrected chi connectivity index (χ3v) is 7.97. The Balaban J connectivity index is 1.24. The van der Waals surface area contributed by atoms with Crippen molar-refractivity contribution in [1.29, 1.82) is 0 Å².